The Kier molecular flexibility index (Phi) is 2.50. The first-order valence-electron chi connectivity index (χ1n) is 5.06. The summed E-state index contributed by atoms with van der Waals surface area (Å²) in [6, 6.07) is 0. The fraction of sp³-hybridized carbons (Fsp3) is 0.889. The van der Waals surface area contributed by atoms with Gasteiger partial charge in [-0.2, -0.15) is 0 Å². The van der Waals surface area contributed by atoms with Gasteiger partial charge in [-0.1, -0.05) is 0 Å². The third kappa shape index (κ3) is 2.01. The molecular formula is C9H15NO4S. The Bertz CT molecular complexity index is 364. The topological polar surface area (TPSA) is 74.7 Å². The summed E-state index contributed by atoms with van der Waals surface area (Å²) < 4.78 is 24.1. The molecular weight excluding hydrogens is 218 g/mol. The van der Waals surface area contributed by atoms with Crippen LogP contribution in [0.5, 0.6) is 0 Å². The molecule has 0 spiro atoms. The maximum atomic E-state index is 11.3. The average molecular weight is 233 g/mol. The molecule has 1 heterocycles. The zero-order valence-electron chi connectivity index (χ0n) is 8.59. The number of carbonyl (C=O) groups is 1. The first-order valence-corrected chi connectivity index (χ1v) is 6.90. The molecule has 5 nitrogen and oxygen atoms in total. The van der Waals surface area contributed by atoms with Gasteiger partial charge >= 0.3 is 5.97 Å². The molecule has 2 aliphatic rings. The second-order valence-corrected chi connectivity index (χ2v) is 6.59. The fourth-order valence-electron chi connectivity index (χ4n) is 2.73. The average Bonchev–Trinajstić information content (AvgIpc) is 2.55. The highest BCUT2D eigenvalue weighted by Gasteiger charge is 2.45. The summed E-state index contributed by atoms with van der Waals surface area (Å²) in [6.07, 6.45) is 2.47. The second kappa shape index (κ2) is 3.45. The van der Waals surface area contributed by atoms with Crippen molar-refractivity contribution in [1.29, 1.82) is 0 Å². The lowest BCUT2D eigenvalue weighted by Gasteiger charge is -2.14. The van der Waals surface area contributed by atoms with Crippen LogP contribution in [-0.2, 0) is 14.8 Å². The molecule has 1 N–H and O–H groups in total. The highest BCUT2D eigenvalue weighted by Crippen LogP contribution is 2.42. The van der Waals surface area contributed by atoms with Gasteiger partial charge < -0.3 is 5.11 Å². The quantitative estimate of drug-likeness (QED) is 0.728. The van der Waals surface area contributed by atoms with Crippen LogP contribution in [0.1, 0.15) is 12.8 Å². The highest BCUT2D eigenvalue weighted by atomic mass is 32.2. The van der Waals surface area contributed by atoms with E-state index in [1.807, 2.05) is 0 Å². The molecule has 1 saturated heterocycles. The number of fused-ring (bicyclic) bond motifs is 1. The van der Waals surface area contributed by atoms with Crippen LogP contribution in [0.3, 0.4) is 0 Å². The minimum Gasteiger partial charge on any atom is -0.481 e. The van der Waals surface area contributed by atoms with Crippen molar-refractivity contribution in [3.63, 3.8) is 0 Å². The summed E-state index contributed by atoms with van der Waals surface area (Å²) in [6.45, 7) is 1.01. The van der Waals surface area contributed by atoms with Crippen LogP contribution in [-0.4, -0.2) is 43.1 Å². The number of sulfonamides is 1. The molecule has 15 heavy (non-hydrogen) atoms. The Morgan fingerprint density at radius 3 is 2.07 bits per heavy atom. The van der Waals surface area contributed by atoms with Gasteiger partial charge in [0.25, 0.3) is 0 Å². The van der Waals surface area contributed by atoms with Gasteiger partial charge in [0.2, 0.25) is 10.0 Å². The SMILES string of the molecule is CS(=O)(=O)N1CC2CC(C(=O)O)CC2C1. The summed E-state index contributed by atoms with van der Waals surface area (Å²) in [7, 11) is -3.10. The third-order valence-corrected chi connectivity index (χ3v) is 4.77. The molecule has 0 amide bonds. The first kappa shape index (κ1) is 10.9. The molecule has 2 fully saturated rings. The largest absolute Gasteiger partial charge is 0.481 e. The zero-order chi connectivity index (χ0) is 11.2. The van der Waals surface area contributed by atoms with Crippen LogP contribution in [0.15, 0.2) is 0 Å². The van der Waals surface area contributed by atoms with Crippen LogP contribution in [0, 0.1) is 17.8 Å². The maximum absolute atomic E-state index is 11.3. The molecule has 2 rings (SSSR count). The Labute approximate surface area is 89.1 Å². The molecule has 86 valence electrons. The van der Waals surface area contributed by atoms with Gasteiger partial charge in [0, 0.05) is 13.1 Å². The maximum Gasteiger partial charge on any atom is 0.306 e. The lowest BCUT2D eigenvalue weighted by atomic mass is 10.0. The van der Waals surface area contributed by atoms with Crippen molar-refractivity contribution in [1.82, 2.24) is 4.31 Å². The Hall–Kier alpha value is -0.620. The van der Waals surface area contributed by atoms with E-state index in [9.17, 15) is 13.2 Å². The first-order chi connectivity index (χ1) is 6.88. The third-order valence-electron chi connectivity index (χ3n) is 3.54. The van der Waals surface area contributed by atoms with Crippen LogP contribution >= 0.6 is 0 Å². The molecule has 1 aliphatic carbocycles. The lowest BCUT2D eigenvalue weighted by molar-refractivity contribution is -0.141. The molecule has 1 aliphatic heterocycles. The Balaban J connectivity index is 2.02. The monoisotopic (exact) mass is 233 g/mol. The molecule has 6 heteroatoms. The van der Waals surface area contributed by atoms with Gasteiger partial charge in [-0.25, -0.2) is 12.7 Å². The van der Waals surface area contributed by atoms with Crippen molar-refractivity contribution in [3.05, 3.63) is 0 Å². The smallest absolute Gasteiger partial charge is 0.306 e. The molecule has 0 aromatic rings. The van der Waals surface area contributed by atoms with Crippen molar-refractivity contribution in [2.24, 2.45) is 17.8 Å². The van der Waals surface area contributed by atoms with E-state index >= 15 is 0 Å². The number of rotatable bonds is 2. The number of nitrogens with zero attached hydrogens (tertiary/aromatic N) is 1. The number of carboxylic acids is 1. The van der Waals surface area contributed by atoms with E-state index in [4.69, 9.17) is 5.11 Å². The second-order valence-electron chi connectivity index (χ2n) is 4.61. The van der Waals surface area contributed by atoms with E-state index in [2.05, 4.69) is 0 Å². The minimum absolute atomic E-state index is 0.251. The molecule has 2 atom stereocenters. The summed E-state index contributed by atoms with van der Waals surface area (Å²) in [5.41, 5.74) is 0. The van der Waals surface area contributed by atoms with E-state index in [0.29, 0.717) is 25.9 Å². The molecule has 0 aromatic carbocycles. The number of hydrogen-bond acceptors (Lipinski definition) is 3. The predicted octanol–water partition coefficient (Wildman–Crippen LogP) is -0.0114. The van der Waals surface area contributed by atoms with Crippen LogP contribution in [0.4, 0.5) is 0 Å². The Morgan fingerprint density at radius 2 is 1.73 bits per heavy atom. The van der Waals surface area contributed by atoms with E-state index in [1.54, 1.807) is 0 Å². The zero-order valence-corrected chi connectivity index (χ0v) is 9.40. The molecule has 0 bridgehead atoms. The van der Waals surface area contributed by atoms with Gasteiger partial charge in [-0.05, 0) is 24.7 Å². The highest BCUT2D eigenvalue weighted by molar-refractivity contribution is 7.88. The number of aliphatic carboxylic acids is 1. The summed E-state index contributed by atoms with van der Waals surface area (Å²) in [5.74, 6) is -0.501. The molecule has 0 radical (unpaired) electrons. The molecule has 0 aromatic heterocycles. The summed E-state index contributed by atoms with van der Waals surface area (Å²) >= 11 is 0. The van der Waals surface area contributed by atoms with E-state index < -0.39 is 16.0 Å². The standard InChI is InChI=1S/C9H15NO4S/c1-15(13,14)10-4-7-2-6(9(11)12)3-8(7)5-10/h6-8H,2-5H2,1H3,(H,11,12). The normalized spacial score (nSPS) is 36.7. The van der Waals surface area contributed by atoms with Crippen molar-refractivity contribution in [2.45, 2.75) is 12.8 Å². The summed E-state index contributed by atoms with van der Waals surface area (Å²) in [5, 5.41) is 8.86. The van der Waals surface area contributed by atoms with E-state index in [-0.39, 0.29) is 17.8 Å². The van der Waals surface area contributed by atoms with Crippen LogP contribution in [0.25, 0.3) is 0 Å². The van der Waals surface area contributed by atoms with Crippen LogP contribution in [0.2, 0.25) is 0 Å². The fourth-order valence-corrected chi connectivity index (χ4v) is 3.65. The predicted molar refractivity (Wildman–Crippen MR) is 53.8 cm³/mol. The van der Waals surface area contributed by atoms with Gasteiger partial charge in [0.05, 0.1) is 12.2 Å². The van der Waals surface area contributed by atoms with Gasteiger partial charge in [0.1, 0.15) is 0 Å². The van der Waals surface area contributed by atoms with Crippen molar-refractivity contribution in [3.8, 4) is 0 Å². The van der Waals surface area contributed by atoms with Gasteiger partial charge in [0.15, 0.2) is 0 Å². The van der Waals surface area contributed by atoms with E-state index in [0.717, 1.165) is 0 Å². The molecule has 1 saturated carbocycles. The van der Waals surface area contributed by atoms with Crippen LogP contribution < -0.4 is 0 Å². The van der Waals surface area contributed by atoms with Crippen molar-refractivity contribution < 1.29 is 18.3 Å². The lowest BCUT2D eigenvalue weighted by Crippen LogP contribution is -2.29. The number of hydrogen-bond donors (Lipinski definition) is 1. The van der Waals surface area contributed by atoms with Gasteiger partial charge in [-0.15, -0.1) is 0 Å². The minimum atomic E-state index is -3.10. The van der Waals surface area contributed by atoms with Gasteiger partial charge in [-0.3, -0.25) is 4.79 Å². The Morgan fingerprint density at radius 1 is 1.27 bits per heavy atom. The van der Waals surface area contributed by atoms with Crippen molar-refractivity contribution in [2.75, 3.05) is 19.3 Å². The molecule has 2 unspecified atom stereocenters. The van der Waals surface area contributed by atoms with E-state index in [1.165, 1.54) is 10.6 Å². The summed E-state index contributed by atoms with van der Waals surface area (Å²) in [4.78, 5) is 10.8. The van der Waals surface area contributed by atoms with Crippen molar-refractivity contribution >= 4 is 16.0 Å². The number of carboxylic acid groups (broad SMARTS) is 1.